The molecule has 0 atom stereocenters. The highest BCUT2D eigenvalue weighted by Crippen LogP contribution is 1.89. The van der Waals surface area contributed by atoms with Gasteiger partial charge < -0.3 is 5.32 Å². The average Bonchev–Trinajstić information content (AvgIpc) is 1.87. The molecule has 0 aromatic carbocycles. The normalized spacial score (nSPS) is 10.1. The SMILES string of the molecule is CN/C=C(/C)C(=N)C#N. The zero-order valence-corrected chi connectivity index (χ0v) is 5.52. The van der Waals surface area contributed by atoms with Crippen LogP contribution in [0.3, 0.4) is 0 Å². The minimum Gasteiger partial charge on any atom is -0.394 e. The van der Waals surface area contributed by atoms with Crippen molar-refractivity contribution in [1.82, 2.24) is 5.32 Å². The van der Waals surface area contributed by atoms with Crippen LogP contribution in [-0.2, 0) is 0 Å². The highest BCUT2D eigenvalue weighted by molar-refractivity contribution is 6.08. The predicted molar refractivity (Wildman–Crippen MR) is 36.2 cm³/mol. The molecule has 0 amide bonds. The molecule has 0 radical (unpaired) electrons. The molecule has 0 bridgehead atoms. The van der Waals surface area contributed by atoms with Crippen LogP contribution in [0.5, 0.6) is 0 Å². The summed E-state index contributed by atoms with van der Waals surface area (Å²) in [6.45, 7) is 1.71. The van der Waals surface area contributed by atoms with Gasteiger partial charge in [0.15, 0.2) is 0 Å². The fourth-order valence-electron chi connectivity index (χ4n) is 0.377. The minimum atomic E-state index is 0.00403. The number of nitrogens with zero attached hydrogens (tertiary/aromatic N) is 1. The van der Waals surface area contributed by atoms with Gasteiger partial charge in [0.25, 0.3) is 0 Å². The van der Waals surface area contributed by atoms with Crippen LogP contribution in [0.15, 0.2) is 11.8 Å². The third kappa shape index (κ3) is 2.50. The van der Waals surface area contributed by atoms with Crippen LogP contribution in [0.2, 0.25) is 0 Å². The van der Waals surface area contributed by atoms with Gasteiger partial charge in [-0.3, -0.25) is 5.41 Å². The summed E-state index contributed by atoms with van der Waals surface area (Å²) in [6, 6.07) is 1.72. The third-order valence-electron chi connectivity index (χ3n) is 0.867. The Morgan fingerprint density at radius 2 is 2.33 bits per heavy atom. The Morgan fingerprint density at radius 1 is 1.78 bits per heavy atom. The van der Waals surface area contributed by atoms with E-state index < -0.39 is 0 Å². The van der Waals surface area contributed by atoms with Crippen molar-refractivity contribution >= 4 is 5.71 Å². The molecule has 0 saturated heterocycles. The summed E-state index contributed by atoms with van der Waals surface area (Å²) >= 11 is 0. The standard InChI is InChI=1S/C6H9N3/c1-5(4-9-2)6(8)3-7/h4,8-9H,1-2H3/b5-4-,8-6?. The molecule has 0 fully saturated rings. The maximum atomic E-state index is 8.19. The Balaban J connectivity index is 4.07. The summed E-state index contributed by atoms with van der Waals surface area (Å²) in [4.78, 5) is 0. The van der Waals surface area contributed by atoms with Crippen molar-refractivity contribution in [1.29, 1.82) is 10.7 Å². The number of rotatable bonds is 2. The molecular formula is C6H9N3. The van der Waals surface area contributed by atoms with Gasteiger partial charge in [-0.15, -0.1) is 0 Å². The lowest BCUT2D eigenvalue weighted by Gasteiger charge is -1.91. The molecule has 0 aliphatic heterocycles. The Kier molecular flexibility index (Phi) is 3.14. The van der Waals surface area contributed by atoms with Crippen LogP contribution in [0.25, 0.3) is 0 Å². The zero-order valence-electron chi connectivity index (χ0n) is 5.52. The van der Waals surface area contributed by atoms with E-state index in [0.29, 0.717) is 5.57 Å². The molecule has 0 rings (SSSR count). The van der Waals surface area contributed by atoms with Crippen molar-refractivity contribution in [3.8, 4) is 6.07 Å². The first-order valence-electron chi connectivity index (χ1n) is 2.55. The van der Waals surface area contributed by atoms with E-state index in [0.717, 1.165) is 0 Å². The van der Waals surface area contributed by atoms with E-state index in [1.165, 1.54) is 0 Å². The van der Waals surface area contributed by atoms with Gasteiger partial charge in [-0.25, -0.2) is 0 Å². The first kappa shape index (κ1) is 7.70. The van der Waals surface area contributed by atoms with Crippen LogP contribution in [0.1, 0.15) is 6.92 Å². The molecule has 0 aromatic rings. The summed E-state index contributed by atoms with van der Waals surface area (Å²) in [6.07, 6.45) is 1.62. The molecule has 0 saturated carbocycles. The largest absolute Gasteiger partial charge is 0.394 e. The first-order chi connectivity index (χ1) is 4.22. The van der Waals surface area contributed by atoms with Gasteiger partial charge in [-0.1, -0.05) is 0 Å². The van der Waals surface area contributed by atoms with Crippen molar-refractivity contribution in [2.75, 3.05) is 7.05 Å². The lowest BCUT2D eigenvalue weighted by molar-refractivity contribution is 1.09. The topological polar surface area (TPSA) is 59.7 Å². The molecule has 0 aliphatic rings. The first-order valence-corrected chi connectivity index (χ1v) is 2.55. The number of hydrogen-bond acceptors (Lipinski definition) is 3. The second-order valence-electron chi connectivity index (χ2n) is 1.60. The molecule has 3 heteroatoms. The summed E-state index contributed by atoms with van der Waals surface area (Å²) in [7, 11) is 1.73. The van der Waals surface area contributed by atoms with E-state index in [1.54, 1.807) is 26.2 Å². The molecular weight excluding hydrogens is 114 g/mol. The van der Waals surface area contributed by atoms with E-state index >= 15 is 0 Å². The van der Waals surface area contributed by atoms with Crippen LogP contribution in [0.4, 0.5) is 0 Å². The second kappa shape index (κ2) is 3.67. The lowest BCUT2D eigenvalue weighted by Crippen LogP contribution is -2.00. The maximum absolute atomic E-state index is 8.19. The van der Waals surface area contributed by atoms with Gasteiger partial charge in [-0.05, 0) is 6.92 Å². The molecule has 0 aliphatic carbocycles. The Morgan fingerprint density at radius 3 is 2.67 bits per heavy atom. The highest BCUT2D eigenvalue weighted by atomic mass is 14.8. The highest BCUT2D eigenvalue weighted by Gasteiger charge is 1.93. The van der Waals surface area contributed by atoms with Gasteiger partial charge in [-0.2, -0.15) is 5.26 Å². The van der Waals surface area contributed by atoms with Gasteiger partial charge in [0, 0.05) is 18.8 Å². The van der Waals surface area contributed by atoms with Crippen LogP contribution in [-0.4, -0.2) is 12.8 Å². The van der Waals surface area contributed by atoms with Gasteiger partial charge in [0.2, 0.25) is 0 Å². The fraction of sp³-hybridized carbons (Fsp3) is 0.333. The lowest BCUT2D eigenvalue weighted by atomic mass is 10.2. The molecule has 0 aromatic heterocycles. The smallest absolute Gasteiger partial charge is 0.136 e. The summed E-state index contributed by atoms with van der Waals surface area (Å²) in [5, 5.41) is 17.9. The number of nitrogens with one attached hydrogen (secondary N) is 2. The quantitative estimate of drug-likeness (QED) is 0.530. The maximum Gasteiger partial charge on any atom is 0.136 e. The van der Waals surface area contributed by atoms with Crippen LogP contribution < -0.4 is 5.32 Å². The van der Waals surface area contributed by atoms with Gasteiger partial charge in [0.05, 0.1) is 0 Å². The van der Waals surface area contributed by atoms with E-state index in [-0.39, 0.29) is 5.71 Å². The summed E-state index contributed by atoms with van der Waals surface area (Å²) < 4.78 is 0. The minimum absolute atomic E-state index is 0.00403. The molecule has 9 heavy (non-hydrogen) atoms. The van der Waals surface area contributed by atoms with Crippen molar-refractivity contribution in [3.63, 3.8) is 0 Å². The number of allylic oxidation sites excluding steroid dienone is 1. The van der Waals surface area contributed by atoms with Crippen LogP contribution in [0, 0.1) is 16.7 Å². The van der Waals surface area contributed by atoms with E-state index in [4.69, 9.17) is 10.7 Å². The van der Waals surface area contributed by atoms with Gasteiger partial charge in [0.1, 0.15) is 11.8 Å². The molecule has 0 heterocycles. The van der Waals surface area contributed by atoms with Crippen molar-refractivity contribution in [2.24, 2.45) is 0 Å². The Hall–Kier alpha value is -1.30. The van der Waals surface area contributed by atoms with E-state index in [2.05, 4.69) is 5.32 Å². The molecule has 0 unspecified atom stereocenters. The van der Waals surface area contributed by atoms with Gasteiger partial charge >= 0.3 is 0 Å². The zero-order chi connectivity index (χ0) is 7.28. The average molecular weight is 123 g/mol. The fourth-order valence-corrected chi connectivity index (χ4v) is 0.377. The van der Waals surface area contributed by atoms with E-state index in [9.17, 15) is 0 Å². The van der Waals surface area contributed by atoms with Crippen molar-refractivity contribution in [2.45, 2.75) is 6.92 Å². The summed E-state index contributed by atoms with van der Waals surface area (Å²) in [5.74, 6) is 0. The van der Waals surface area contributed by atoms with E-state index in [1.807, 2.05) is 0 Å². The third-order valence-corrected chi connectivity index (χ3v) is 0.867. The Labute approximate surface area is 54.5 Å². The predicted octanol–water partition coefficient (Wildman–Crippen LogP) is 0.653. The number of hydrogen-bond donors (Lipinski definition) is 2. The molecule has 2 N–H and O–H groups in total. The molecule has 0 spiro atoms. The van der Waals surface area contributed by atoms with Crippen molar-refractivity contribution < 1.29 is 0 Å². The van der Waals surface area contributed by atoms with Crippen molar-refractivity contribution in [3.05, 3.63) is 11.8 Å². The Bertz CT molecular complexity index is 173. The summed E-state index contributed by atoms with van der Waals surface area (Å²) in [5.41, 5.74) is 0.657. The molecule has 3 nitrogen and oxygen atoms in total. The number of nitriles is 1. The monoisotopic (exact) mass is 123 g/mol. The van der Waals surface area contributed by atoms with Crippen LogP contribution >= 0.6 is 0 Å². The second-order valence-corrected chi connectivity index (χ2v) is 1.60. The molecule has 48 valence electrons.